The van der Waals surface area contributed by atoms with Crippen LogP contribution in [0, 0.1) is 0 Å². The zero-order valence-electron chi connectivity index (χ0n) is 14.7. The van der Waals surface area contributed by atoms with Gasteiger partial charge in [0.1, 0.15) is 5.75 Å². The summed E-state index contributed by atoms with van der Waals surface area (Å²) in [5.74, 6) is -0.327. The van der Waals surface area contributed by atoms with Crippen LogP contribution in [0.1, 0.15) is 26.6 Å². The fourth-order valence-electron chi connectivity index (χ4n) is 2.31. The molecule has 0 bridgehead atoms. The Labute approximate surface area is 154 Å². The van der Waals surface area contributed by atoms with E-state index < -0.39 is 11.9 Å². The molecule has 0 aliphatic carbocycles. The van der Waals surface area contributed by atoms with E-state index in [2.05, 4.69) is 19.7 Å². The maximum absolute atomic E-state index is 11.8. The predicted octanol–water partition coefficient (Wildman–Crippen LogP) is 2.89. The van der Waals surface area contributed by atoms with Crippen LogP contribution < -0.4 is 4.74 Å². The minimum atomic E-state index is -0.602. The lowest BCUT2D eigenvalue weighted by molar-refractivity contribution is 0.0598. The van der Waals surface area contributed by atoms with Crippen molar-refractivity contribution in [1.82, 2.24) is 10.2 Å². The smallest absolute Gasteiger partial charge is 0.338 e. The molecule has 0 fully saturated rings. The average Bonchev–Trinajstić information content (AvgIpc) is 3.20. The fraction of sp³-hybridized carbons (Fsp3) is 0.158. The third-order valence-corrected chi connectivity index (χ3v) is 3.60. The summed E-state index contributed by atoms with van der Waals surface area (Å²) in [7, 11) is 2.49. The lowest BCUT2D eigenvalue weighted by Gasteiger charge is -2.08. The van der Waals surface area contributed by atoms with E-state index in [-0.39, 0.29) is 29.4 Å². The molecular weight excluding hydrogens is 352 g/mol. The molecule has 8 heteroatoms. The van der Waals surface area contributed by atoms with Crippen LogP contribution in [0.25, 0.3) is 11.5 Å². The number of nitrogens with zero attached hydrogens (tertiary/aromatic N) is 2. The van der Waals surface area contributed by atoms with Crippen molar-refractivity contribution in [2.45, 2.75) is 6.61 Å². The number of carbonyl (C=O) groups excluding carboxylic acids is 2. The Bertz CT molecular complexity index is 918. The first-order chi connectivity index (χ1) is 13.1. The highest BCUT2D eigenvalue weighted by Gasteiger charge is 2.15. The van der Waals surface area contributed by atoms with E-state index in [1.807, 2.05) is 30.3 Å². The first-order valence-corrected chi connectivity index (χ1v) is 7.93. The van der Waals surface area contributed by atoms with E-state index in [0.29, 0.717) is 5.89 Å². The van der Waals surface area contributed by atoms with Gasteiger partial charge in [0.05, 0.1) is 25.3 Å². The quantitative estimate of drug-likeness (QED) is 0.612. The van der Waals surface area contributed by atoms with Gasteiger partial charge in [-0.25, -0.2) is 9.59 Å². The maximum Gasteiger partial charge on any atom is 0.338 e. The molecule has 0 amide bonds. The third kappa shape index (κ3) is 4.30. The monoisotopic (exact) mass is 368 g/mol. The zero-order chi connectivity index (χ0) is 19.2. The second-order valence-electron chi connectivity index (χ2n) is 5.38. The summed E-state index contributed by atoms with van der Waals surface area (Å²) < 4.78 is 20.5. The molecule has 0 unspecified atom stereocenters. The third-order valence-electron chi connectivity index (χ3n) is 3.60. The van der Waals surface area contributed by atoms with Crippen LogP contribution in [-0.2, 0) is 16.1 Å². The van der Waals surface area contributed by atoms with Crippen molar-refractivity contribution in [2.24, 2.45) is 0 Å². The first-order valence-electron chi connectivity index (χ1n) is 7.93. The highest BCUT2D eigenvalue weighted by atomic mass is 16.5. The molecule has 0 radical (unpaired) electrons. The molecule has 1 aromatic heterocycles. The molecule has 8 nitrogen and oxygen atoms in total. The van der Waals surface area contributed by atoms with Crippen LogP contribution in [-0.4, -0.2) is 36.4 Å². The Balaban J connectivity index is 1.78. The second-order valence-corrected chi connectivity index (χ2v) is 5.38. The van der Waals surface area contributed by atoms with E-state index in [4.69, 9.17) is 9.15 Å². The molecule has 138 valence electrons. The van der Waals surface area contributed by atoms with Gasteiger partial charge in [-0.05, 0) is 30.3 Å². The highest BCUT2D eigenvalue weighted by molar-refractivity contribution is 5.96. The Kier molecular flexibility index (Phi) is 5.46. The number of hydrogen-bond donors (Lipinski definition) is 0. The van der Waals surface area contributed by atoms with E-state index >= 15 is 0 Å². The SMILES string of the molecule is COC(=O)c1cc(OCc2nnc(-c3ccccc3)o2)cc(C(=O)OC)c1. The van der Waals surface area contributed by atoms with E-state index in [1.165, 1.54) is 32.4 Å². The lowest BCUT2D eigenvalue weighted by Crippen LogP contribution is -2.08. The standard InChI is InChI=1S/C19H16N2O6/c1-24-18(22)13-8-14(19(23)25-2)10-15(9-13)26-11-16-20-21-17(27-16)12-6-4-3-5-7-12/h3-10H,11H2,1-2H3. The Morgan fingerprint density at radius 2 is 1.56 bits per heavy atom. The molecule has 2 aromatic carbocycles. The van der Waals surface area contributed by atoms with Gasteiger partial charge >= 0.3 is 11.9 Å². The van der Waals surface area contributed by atoms with Crippen molar-refractivity contribution < 1.29 is 28.2 Å². The van der Waals surface area contributed by atoms with Crippen LogP contribution in [0.4, 0.5) is 0 Å². The Morgan fingerprint density at radius 3 is 2.15 bits per heavy atom. The van der Waals surface area contributed by atoms with Crippen molar-refractivity contribution >= 4 is 11.9 Å². The van der Waals surface area contributed by atoms with Crippen LogP contribution >= 0.6 is 0 Å². The summed E-state index contributed by atoms with van der Waals surface area (Å²) in [6.07, 6.45) is 0. The average molecular weight is 368 g/mol. The van der Waals surface area contributed by atoms with Gasteiger partial charge in [-0.1, -0.05) is 18.2 Å². The Morgan fingerprint density at radius 1 is 0.926 bits per heavy atom. The van der Waals surface area contributed by atoms with Gasteiger partial charge in [0.2, 0.25) is 5.89 Å². The number of carbonyl (C=O) groups is 2. The lowest BCUT2D eigenvalue weighted by atomic mass is 10.1. The summed E-state index contributed by atoms with van der Waals surface area (Å²) in [6.45, 7) is -0.0366. The molecule has 1 heterocycles. The van der Waals surface area contributed by atoms with Gasteiger partial charge in [0.15, 0.2) is 6.61 Å². The van der Waals surface area contributed by atoms with Crippen molar-refractivity contribution in [3.05, 3.63) is 65.5 Å². The highest BCUT2D eigenvalue weighted by Crippen LogP contribution is 2.21. The Hall–Kier alpha value is -3.68. The fourth-order valence-corrected chi connectivity index (χ4v) is 2.31. The normalized spacial score (nSPS) is 10.3. The van der Waals surface area contributed by atoms with Gasteiger partial charge < -0.3 is 18.6 Å². The summed E-state index contributed by atoms with van der Waals surface area (Å²) in [5, 5.41) is 7.90. The van der Waals surface area contributed by atoms with Gasteiger partial charge in [0, 0.05) is 5.56 Å². The number of esters is 2. The molecule has 0 saturated heterocycles. The number of methoxy groups -OCH3 is 2. The van der Waals surface area contributed by atoms with Gasteiger partial charge in [-0.2, -0.15) is 0 Å². The van der Waals surface area contributed by atoms with Gasteiger partial charge in [0.25, 0.3) is 5.89 Å². The predicted molar refractivity (Wildman–Crippen MR) is 93.2 cm³/mol. The zero-order valence-corrected chi connectivity index (χ0v) is 14.7. The molecule has 27 heavy (non-hydrogen) atoms. The largest absolute Gasteiger partial charge is 0.484 e. The summed E-state index contributed by atoms with van der Waals surface area (Å²) in [5.41, 5.74) is 1.11. The molecule has 3 rings (SSSR count). The van der Waals surface area contributed by atoms with Crippen LogP contribution in [0.2, 0.25) is 0 Å². The summed E-state index contributed by atoms with van der Waals surface area (Å²) >= 11 is 0. The number of rotatable bonds is 6. The summed E-state index contributed by atoms with van der Waals surface area (Å²) in [4.78, 5) is 23.6. The summed E-state index contributed by atoms with van der Waals surface area (Å²) in [6, 6.07) is 13.6. The molecule has 0 spiro atoms. The number of aromatic nitrogens is 2. The topological polar surface area (TPSA) is 101 Å². The molecule has 0 aliphatic heterocycles. The van der Waals surface area contributed by atoms with E-state index in [9.17, 15) is 9.59 Å². The minimum Gasteiger partial charge on any atom is -0.484 e. The number of benzene rings is 2. The minimum absolute atomic E-state index is 0.0366. The maximum atomic E-state index is 11.8. The molecule has 0 saturated carbocycles. The van der Waals surface area contributed by atoms with Crippen molar-refractivity contribution in [3.63, 3.8) is 0 Å². The number of ether oxygens (including phenoxy) is 3. The van der Waals surface area contributed by atoms with Crippen LogP contribution in [0.3, 0.4) is 0 Å². The molecule has 0 atom stereocenters. The van der Waals surface area contributed by atoms with E-state index in [0.717, 1.165) is 5.56 Å². The van der Waals surface area contributed by atoms with Crippen molar-refractivity contribution in [3.8, 4) is 17.2 Å². The van der Waals surface area contributed by atoms with Crippen molar-refractivity contribution in [2.75, 3.05) is 14.2 Å². The first kappa shape index (κ1) is 18.1. The van der Waals surface area contributed by atoms with Crippen LogP contribution in [0.15, 0.2) is 52.9 Å². The molecule has 3 aromatic rings. The van der Waals surface area contributed by atoms with Crippen LogP contribution in [0.5, 0.6) is 5.75 Å². The molecule has 0 N–H and O–H groups in total. The molecule has 0 aliphatic rings. The van der Waals surface area contributed by atoms with E-state index in [1.54, 1.807) is 0 Å². The molecular formula is C19H16N2O6. The van der Waals surface area contributed by atoms with Gasteiger partial charge in [-0.15, -0.1) is 10.2 Å². The van der Waals surface area contributed by atoms with Gasteiger partial charge in [-0.3, -0.25) is 0 Å². The number of hydrogen-bond acceptors (Lipinski definition) is 8. The second kappa shape index (κ2) is 8.13. The van der Waals surface area contributed by atoms with Crippen molar-refractivity contribution in [1.29, 1.82) is 0 Å².